The lowest BCUT2D eigenvalue weighted by Gasteiger charge is -2.64. The van der Waals surface area contributed by atoms with Gasteiger partial charge in [0.15, 0.2) is 17.2 Å². The third-order valence-electron chi connectivity index (χ3n) is 7.49. The number of imidazole rings is 1. The first-order valence-electron chi connectivity index (χ1n) is 11.9. The molecule has 42 heavy (non-hydrogen) atoms. The third-order valence-corrected chi connectivity index (χ3v) is 7.49. The number of benzene rings is 1. The van der Waals surface area contributed by atoms with Crippen LogP contribution in [0.1, 0.15) is 36.1 Å². The van der Waals surface area contributed by atoms with Gasteiger partial charge in [0, 0.05) is 17.3 Å². The van der Waals surface area contributed by atoms with E-state index in [0.717, 1.165) is 16.7 Å². The Kier molecular flexibility index (Phi) is 6.27. The topological polar surface area (TPSA) is 123 Å². The molecule has 1 aromatic carbocycles. The van der Waals surface area contributed by atoms with E-state index in [4.69, 9.17) is 5.73 Å². The zero-order chi connectivity index (χ0) is 31.2. The summed E-state index contributed by atoms with van der Waals surface area (Å²) in [6.07, 6.45) is -15.2. The molecule has 2 aromatic heterocycles. The van der Waals surface area contributed by atoms with Gasteiger partial charge in [-0.1, -0.05) is 12.1 Å². The number of amides is 1. The first kappa shape index (κ1) is 29.4. The van der Waals surface area contributed by atoms with Crippen LogP contribution in [0.4, 0.5) is 45.3 Å². The van der Waals surface area contributed by atoms with Gasteiger partial charge in [0.2, 0.25) is 0 Å². The molecule has 3 aliphatic carbocycles. The van der Waals surface area contributed by atoms with Crippen LogP contribution in [-0.2, 0) is 26.2 Å². The Hall–Kier alpha value is -4.09. The van der Waals surface area contributed by atoms with Gasteiger partial charge in [0.05, 0.1) is 17.4 Å². The van der Waals surface area contributed by atoms with Gasteiger partial charge < -0.3 is 15.7 Å². The van der Waals surface area contributed by atoms with Crippen molar-refractivity contribution in [3.8, 4) is 11.3 Å². The van der Waals surface area contributed by atoms with Crippen molar-refractivity contribution in [2.75, 3.05) is 5.73 Å². The van der Waals surface area contributed by atoms with Crippen molar-refractivity contribution in [3.63, 3.8) is 0 Å². The van der Waals surface area contributed by atoms with Gasteiger partial charge >= 0.3 is 30.4 Å². The molecule has 1 unspecified atom stereocenters. The van der Waals surface area contributed by atoms with E-state index in [1.165, 1.54) is 6.92 Å². The average molecular weight is 611 g/mol. The number of halogens is 9. The second-order valence-corrected chi connectivity index (χ2v) is 10.3. The molecule has 3 fully saturated rings. The second-order valence-electron chi connectivity index (χ2n) is 10.3. The van der Waals surface area contributed by atoms with Crippen molar-refractivity contribution in [1.82, 2.24) is 19.4 Å². The van der Waals surface area contributed by atoms with Crippen molar-refractivity contribution >= 4 is 23.3 Å². The summed E-state index contributed by atoms with van der Waals surface area (Å²) in [5.74, 6) is -6.14. The normalized spacial score (nSPS) is 21.7. The van der Waals surface area contributed by atoms with E-state index in [-0.39, 0.29) is 52.7 Å². The van der Waals surface area contributed by atoms with Crippen LogP contribution in [0, 0.1) is 12.8 Å². The van der Waals surface area contributed by atoms with E-state index in [1.54, 1.807) is 0 Å². The number of nitrogens with zero attached hydrogens (tertiary/aromatic N) is 4. The number of hydrogen-bond donors (Lipinski definition) is 2. The Bertz CT molecular complexity index is 1600. The molecule has 3 N–H and O–H groups in total. The summed E-state index contributed by atoms with van der Waals surface area (Å²) in [4.78, 5) is 36.2. The Balaban J connectivity index is 1.65. The maximum Gasteiger partial charge on any atom is 0.493 e. The highest BCUT2D eigenvalue weighted by Gasteiger charge is 2.70. The molecule has 2 bridgehead atoms. The first-order valence-corrected chi connectivity index (χ1v) is 11.9. The molecular weight excluding hydrogens is 593 g/mol. The lowest BCUT2D eigenvalue weighted by atomic mass is 9.49. The Morgan fingerprint density at radius 2 is 1.71 bits per heavy atom. The minimum Gasteiger partial charge on any atom is -0.381 e. The fourth-order valence-corrected chi connectivity index (χ4v) is 5.20. The number of hydrogen-bond acceptors (Lipinski definition) is 7. The molecule has 2 heterocycles. The van der Waals surface area contributed by atoms with Crippen molar-refractivity contribution in [1.29, 1.82) is 0 Å². The van der Waals surface area contributed by atoms with Crippen LogP contribution in [0.2, 0.25) is 0 Å². The highest BCUT2D eigenvalue weighted by atomic mass is 19.4. The zero-order valence-corrected chi connectivity index (χ0v) is 21.0. The maximum absolute atomic E-state index is 14.5. The van der Waals surface area contributed by atoms with E-state index in [9.17, 15) is 54.2 Å². The summed E-state index contributed by atoms with van der Waals surface area (Å²) >= 11 is 0. The SMILES string of the molecule is Cc1ccc(C(O)(C(=O)N(OC(=O)C(F)(F)F)C23CC(C2)C3)C(F)(F)F)cc1-c1cnc2c(N)nc(C(F)(F)F)cn12. The summed E-state index contributed by atoms with van der Waals surface area (Å²) in [5.41, 5.74) is -3.95. The van der Waals surface area contributed by atoms with Gasteiger partial charge in [-0.2, -0.15) is 44.6 Å². The van der Waals surface area contributed by atoms with Gasteiger partial charge in [-0.15, -0.1) is 0 Å². The molecule has 18 heteroatoms. The number of fused-ring (bicyclic) bond motifs is 1. The minimum absolute atomic E-state index is 0.0597. The zero-order valence-electron chi connectivity index (χ0n) is 21.0. The molecule has 3 aliphatic rings. The van der Waals surface area contributed by atoms with Crippen LogP contribution < -0.4 is 5.73 Å². The predicted octanol–water partition coefficient (Wildman–Crippen LogP) is 4.46. The van der Waals surface area contributed by atoms with Crippen molar-refractivity contribution in [2.45, 2.75) is 55.9 Å². The van der Waals surface area contributed by atoms with Gasteiger partial charge in [-0.25, -0.2) is 14.8 Å². The van der Waals surface area contributed by atoms with Crippen LogP contribution >= 0.6 is 0 Å². The molecular formula is C24H18F9N5O4. The summed E-state index contributed by atoms with van der Waals surface area (Å²) < 4.78 is 123. The number of anilines is 1. The fourth-order valence-electron chi connectivity index (χ4n) is 5.20. The van der Waals surface area contributed by atoms with Gasteiger partial charge in [-0.3, -0.25) is 9.20 Å². The summed E-state index contributed by atoms with van der Waals surface area (Å²) in [6, 6.07) is 2.28. The lowest BCUT2D eigenvalue weighted by Crippen LogP contribution is -2.73. The number of nitrogen functional groups attached to an aromatic ring is 1. The highest BCUT2D eigenvalue weighted by Crippen LogP contribution is 2.62. The molecule has 6 rings (SSSR count). The maximum atomic E-state index is 14.5. The minimum atomic E-state index is -5.87. The van der Waals surface area contributed by atoms with Crippen LogP contribution in [0.3, 0.4) is 0 Å². The molecule has 9 nitrogen and oxygen atoms in total. The Morgan fingerprint density at radius 1 is 1.10 bits per heavy atom. The average Bonchev–Trinajstić information content (AvgIpc) is 3.23. The quantitative estimate of drug-likeness (QED) is 0.330. The number of rotatable bonds is 4. The molecule has 3 aromatic rings. The molecule has 1 amide bonds. The van der Waals surface area contributed by atoms with Gasteiger partial charge in [0.1, 0.15) is 0 Å². The number of aryl methyl sites for hydroxylation is 1. The predicted molar refractivity (Wildman–Crippen MR) is 122 cm³/mol. The number of carbonyl (C=O) groups excluding carboxylic acids is 2. The van der Waals surface area contributed by atoms with Crippen molar-refractivity contribution in [2.24, 2.45) is 5.92 Å². The molecule has 0 saturated heterocycles. The van der Waals surface area contributed by atoms with E-state index >= 15 is 0 Å². The number of hydroxylamine groups is 2. The number of nitrogens with two attached hydrogens (primary N) is 1. The van der Waals surface area contributed by atoms with Gasteiger partial charge in [-0.05, 0) is 43.7 Å². The van der Waals surface area contributed by atoms with Gasteiger partial charge in [0.25, 0.3) is 5.60 Å². The van der Waals surface area contributed by atoms with E-state index in [0.29, 0.717) is 18.3 Å². The molecule has 226 valence electrons. The van der Waals surface area contributed by atoms with E-state index in [2.05, 4.69) is 14.8 Å². The molecule has 0 spiro atoms. The molecule has 0 aliphatic heterocycles. The number of aromatic nitrogens is 3. The van der Waals surface area contributed by atoms with Crippen molar-refractivity contribution < 1.29 is 59.0 Å². The molecule has 1 atom stereocenters. The van der Waals surface area contributed by atoms with E-state index in [1.807, 2.05) is 0 Å². The van der Waals surface area contributed by atoms with E-state index < -0.39 is 58.6 Å². The van der Waals surface area contributed by atoms with Crippen LogP contribution in [-0.4, -0.2) is 54.3 Å². The number of alkyl halides is 9. The monoisotopic (exact) mass is 611 g/mol. The second kappa shape index (κ2) is 8.95. The Morgan fingerprint density at radius 3 is 2.21 bits per heavy atom. The fraction of sp³-hybridized carbons (Fsp3) is 0.417. The molecule has 0 radical (unpaired) electrons. The van der Waals surface area contributed by atoms with Crippen LogP contribution in [0.5, 0.6) is 0 Å². The Labute approximate surface area is 228 Å². The van der Waals surface area contributed by atoms with Crippen LogP contribution in [0.15, 0.2) is 30.6 Å². The number of carbonyl (C=O) groups is 2. The lowest BCUT2D eigenvalue weighted by molar-refractivity contribution is -0.319. The standard InChI is InChI=1S/C24H18F9N5O4/c1-10-2-3-12(4-13(10)14-8-35-17-16(34)36-15(9-37(14)17)22(25,26)27)21(41,24(31,32)33)18(39)38(20-5-11(6-20)7-20)42-19(40)23(28,29)30/h2-4,8-9,11,41H,5-7H2,1H3,(H2,34,36). The third kappa shape index (κ3) is 4.38. The summed E-state index contributed by atoms with van der Waals surface area (Å²) in [6.45, 7) is 1.35. The largest absolute Gasteiger partial charge is 0.493 e. The number of aliphatic hydroxyl groups is 1. The summed E-state index contributed by atoms with van der Waals surface area (Å²) in [7, 11) is 0. The van der Waals surface area contributed by atoms with Crippen LogP contribution in [0.25, 0.3) is 16.9 Å². The van der Waals surface area contributed by atoms with Crippen molar-refractivity contribution in [3.05, 3.63) is 47.4 Å². The summed E-state index contributed by atoms with van der Waals surface area (Å²) in [5, 5.41) is 10.7. The highest BCUT2D eigenvalue weighted by molar-refractivity contribution is 5.90. The molecule has 3 saturated carbocycles. The first-order chi connectivity index (χ1) is 19.2. The smallest absolute Gasteiger partial charge is 0.381 e.